The number of hydrogen-bond donors (Lipinski definition) is 2. The summed E-state index contributed by atoms with van der Waals surface area (Å²) in [4.78, 5) is 30.1. The van der Waals surface area contributed by atoms with Gasteiger partial charge in [0.15, 0.2) is 4.96 Å². The summed E-state index contributed by atoms with van der Waals surface area (Å²) < 4.78 is 39.0. The molecule has 4 rings (SSSR count). The Kier molecular flexibility index (Phi) is 5.95. The van der Waals surface area contributed by atoms with Gasteiger partial charge in [0.1, 0.15) is 6.54 Å². The van der Waals surface area contributed by atoms with Gasteiger partial charge in [0.05, 0.1) is 23.4 Å². The van der Waals surface area contributed by atoms with Crippen LogP contribution in [0.5, 0.6) is 0 Å². The second kappa shape index (κ2) is 8.83. The van der Waals surface area contributed by atoms with E-state index in [9.17, 15) is 22.8 Å². The number of nitrogens with zero attached hydrogens (tertiary/aromatic N) is 2. The molecule has 0 saturated carbocycles. The number of hydrogen-bond acceptors (Lipinski definition) is 4. The van der Waals surface area contributed by atoms with Crippen LogP contribution in [-0.2, 0) is 11.2 Å². The van der Waals surface area contributed by atoms with Crippen molar-refractivity contribution in [2.24, 2.45) is 0 Å². The molecular formula is C22H17F3N4O2S. The number of imidazole rings is 1. The second-order valence-electron chi connectivity index (χ2n) is 6.94. The van der Waals surface area contributed by atoms with Gasteiger partial charge in [-0.2, -0.15) is 13.2 Å². The highest BCUT2D eigenvalue weighted by atomic mass is 32.1. The average molecular weight is 458 g/mol. The van der Waals surface area contributed by atoms with Crippen molar-refractivity contribution in [3.05, 3.63) is 77.4 Å². The zero-order valence-corrected chi connectivity index (χ0v) is 17.3. The third-order valence-electron chi connectivity index (χ3n) is 4.59. The Bertz CT molecular complexity index is 1270. The molecule has 4 aromatic rings. The summed E-state index contributed by atoms with van der Waals surface area (Å²) in [5, 5.41) is 6.25. The Balaban J connectivity index is 1.48. The number of nitrogens with one attached hydrogen (secondary N) is 2. The van der Waals surface area contributed by atoms with Gasteiger partial charge < -0.3 is 10.6 Å². The number of para-hydroxylation sites is 1. The highest BCUT2D eigenvalue weighted by molar-refractivity contribution is 7.15. The normalized spacial score (nSPS) is 11.5. The van der Waals surface area contributed by atoms with E-state index in [2.05, 4.69) is 10.3 Å². The average Bonchev–Trinajstić information content (AvgIpc) is 3.34. The van der Waals surface area contributed by atoms with E-state index in [1.54, 1.807) is 6.07 Å². The molecule has 0 aliphatic carbocycles. The Morgan fingerprint density at radius 2 is 1.75 bits per heavy atom. The molecular weight excluding hydrogens is 441 g/mol. The zero-order chi connectivity index (χ0) is 22.7. The third kappa shape index (κ3) is 4.97. The number of carbonyl (C=O) groups excluding carboxylic acids is 2. The van der Waals surface area contributed by atoms with Crippen LogP contribution in [0, 0.1) is 0 Å². The predicted octanol–water partition coefficient (Wildman–Crippen LogP) is 4.54. The Hall–Kier alpha value is -3.66. The van der Waals surface area contributed by atoms with E-state index in [0.717, 1.165) is 16.2 Å². The maximum absolute atomic E-state index is 12.6. The first-order chi connectivity index (χ1) is 15.3. The predicted molar refractivity (Wildman–Crippen MR) is 116 cm³/mol. The lowest BCUT2D eigenvalue weighted by Gasteiger charge is -2.12. The van der Waals surface area contributed by atoms with Gasteiger partial charge in [-0.25, -0.2) is 4.98 Å². The fraction of sp³-hybridized carbons (Fsp3) is 0.136. The molecule has 2 aromatic heterocycles. The van der Waals surface area contributed by atoms with Crippen molar-refractivity contribution in [2.75, 3.05) is 11.9 Å². The van der Waals surface area contributed by atoms with E-state index >= 15 is 0 Å². The lowest BCUT2D eigenvalue weighted by atomic mass is 10.1. The molecule has 2 N–H and O–H groups in total. The molecule has 2 aromatic carbocycles. The van der Waals surface area contributed by atoms with Crippen molar-refractivity contribution in [3.8, 4) is 11.3 Å². The number of carbonyl (C=O) groups is 2. The zero-order valence-electron chi connectivity index (χ0n) is 16.5. The monoisotopic (exact) mass is 458 g/mol. The fourth-order valence-electron chi connectivity index (χ4n) is 3.13. The minimum absolute atomic E-state index is 0.00307. The maximum Gasteiger partial charge on any atom is 0.405 e. The van der Waals surface area contributed by atoms with Crippen LogP contribution in [0.1, 0.15) is 16.1 Å². The molecule has 0 spiro atoms. The number of alkyl halides is 3. The first-order valence-corrected chi connectivity index (χ1v) is 10.4. The summed E-state index contributed by atoms with van der Waals surface area (Å²) in [6, 6.07) is 15.6. The highest BCUT2D eigenvalue weighted by Gasteiger charge is 2.28. The Morgan fingerprint density at radius 3 is 2.50 bits per heavy atom. The van der Waals surface area contributed by atoms with Crippen LogP contribution in [0.3, 0.4) is 0 Å². The number of rotatable bonds is 6. The first kappa shape index (κ1) is 21.6. The number of amides is 2. The molecule has 0 unspecified atom stereocenters. The van der Waals surface area contributed by atoms with Gasteiger partial charge in [-0.1, -0.05) is 42.5 Å². The van der Waals surface area contributed by atoms with Crippen molar-refractivity contribution in [1.82, 2.24) is 14.7 Å². The molecule has 0 saturated heterocycles. The lowest BCUT2D eigenvalue weighted by Crippen LogP contribution is -2.34. The van der Waals surface area contributed by atoms with E-state index < -0.39 is 24.5 Å². The van der Waals surface area contributed by atoms with Gasteiger partial charge in [-0.3, -0.25) is 14.0 Å². The van der Waals surface area contributed by atoms with Gasteiger partial charge in [-0.15, -0.1) is 11.3 Å². The molecule has 0 radical (unpaired) electrons. The van der Waals surface area contributed by atoms with E-state index in [4.69, 9.17) is 0 Å². The topological polar surface area (TPSA) is 75.5 Å². The SMILES string of the molecule is O=C(Cc1csc2nc(-c3ccccc3)cn12)Nc1ccccc1C(=O)NCC(F)(F)F. The third-order valence-corrected chi connectivity index (χ3v) is 5.48. The second-order valence-corrected chi connectivity index (χ2v) is 7.78. The van der Waals surface area contributed by atoms with Crippen molar-refractivity contribution in [3.63, 3.8) is 0 Å². The number of aromatic nitrogens is 2. The summed E-state index contributed by atoms with van der Waals surface area (Å²) in [6.45, 7) is -1.45. The Labute approximate surface area is 184 Å². The smallest absolute Gasteiger partial charge is 0.343 e. The molecule has 10 heteroatoms. The summed E-state index contributed by atoms with van der Waals surface area (Å²) >= 11 is 1.40. The first-order valence-electron chi connectivity index (χ1n) is 9.55. The van der Waals surface area contributed by atoms with Gasteiger partial charge >= 0.3 is 6.18 Å². The molecule has 164 valence electrons. The summed E-state index contributed by atoms with van der Waals surface area (Å²) in [7, 11) is 0. The molecule has 0 fully saturated rings. The maximum atomic E-state index is 12.6. The number of halogens is 3. The molecule has 2 amide bonds. The number of benzene rings is 2. The summed E-state index contributed by atoms with van der Waals surface area (Å²) in [5.74, 6) is -1.33. The molecule has 32 heavy (non-hydrogen) atoms. The largest absolute Gasteiger partial charge is 0.405 e. The number of fused-ring (bicyclic) bond motifs is 1. The van der Waals surface area contributed by atoms with E-state index in [1.807, 2.05) is 51.6 Å². The van der Waals surface area contributed by atoms with Crippen LogP contribution in [-0.4, -0.2) is 33.9 Å². The quantitative estimate of drug-likeness (QED) is 0.446. The van der Waals surface area contributed by atoms with Crippen LogP contribution in [0.15, 0.2) is 66.2 Å². The molecule has 0 aliphatic heterocycles. The van der Waals surface area contributed by atoms with Crippen LogP contribution in [0.2, 0.25) is 0 Å². The summed E-state index contributed by atoms with van der Waals surface area (Å²) in [5.41, 5.74) is 2.54. The number of anilines is 1. The van der Waals surface area contributed by atoms with Crippen molar-refractivity contribution >= 4 is 33.8 Å². The molecule has 0 bridgehead atoms. The fourth-order valence-corrected chi connectivity index (χ4v) is 4.00. The van der Waals surface area contributed by atoms with E-state index in [-0.39, 0.29) is 17.7 Å². The minimum atomic E-state index is -4.53. The van der Waals surface area contributed by atoms with Gasteiger partial charge in [0.2, 0.25) is 5.91 Å². The van der Waals surface area contributed by atoms with Gasteiger partial charge in [-0.05, 0) is 12.1 Å². The van der Waals surface area contributed by atoms with Gasteiger partial charge in [0.25, 0.3) is 5.91 Å². The van der Waals surface area contributed by atoms with Crippen LogP contribution in [0.4, 0.5) is 18.9 Å². The van der Waals surface area contributed by atoms with Crippen LogP contribution in [0.25, 0.3) is 16.2 Å². The molecule has 6 nitrogen and oxygen atoms in total. The van der Waals surface area contributed by atoms with E-state index in [0.29, 0.717) is 5.69 Å². The summed E-state index contributed by atoms with van der Waals surface area (Å²) in [6.07, 6.45) is -2.67. The van der Waals surface area contributed by atoms with Crippen molar-refractivity contribution in [1.29, 1.82) is 0 Å². The molecule has 0 atom stereocenters. The van der Waals surface area contributed by atoms with Crippen molar-refractivity contribution < 1.29 is 22.8 Å². The van der Waals surface area contributed by atoms with E-state index in [1.165, 1.54) is 29.5 Å². The molecule has 2 heterocycles. The van der Waals surface area contributed by atoms with Crippen LogP contribution < -0.4 is 10.6 Å². The Morgan fingerprint density at radius 1 is 1.03 bits per heavy atom. The number of thiazole rings is 1. The standard InChI is InChI=1S/C22H17F3N4O2S/c23-22(24,25)13-26-20(31)16-8-4-5-9-17(16)27-19(30)10-15-12-32-21-28-18(11-29(15)21)14-6-2-1-3-7-14/h1-9,11-12H,10,13H2,(H,26,31)(H,27,30). The van der Waals surface area contributed by atoms with Crippen molar-refractivity contribution in [2.45, 2.75) is 12.6 Å². The van der Waals surface area contributed by atoms with Crippen LogP contribution >= 0.6 is 11.3 Å². The molecule has 0 aliphatic rings. The lowest BCUT2D eigenvalue weighted by molar-refractivity contribution is -0.123. The van der Waals surface area contributed by atoms with Gasteiger partial charge in [0, 0.05) is 22.8 Å². The minimum Gasteiger partial charge on any atom is -0.343 e. The highest BCUT2D eigenvalue weighted by Crippen LogP contribution is 2.24.